The summed E-state index contributed by atoms with van der Waals surface area (Å²) in [6, 6.07) is 4.65. The number of hydrogen-bond acceptors (Lipinski definition) is 5. The zero-order chi connectivity index (χ0) is 18.2. The summed E-state index contributed by atoms with van der Waals surface area (Å²) in [5.74, 6) is 1.10. The van der Waals surface area contributed by atoms with E-state index < -0.39 is 0 Å². The number of ether oxygens (including phenoxy) is 1. The summed E-state index contributed by atoms with van der Waals surface area (Å²) in [5, 5.41) is 0. The van der Waals surface area contributed by atoms with Gasteiger partial charge in [-0.2, -0.15) is 0 Å². The van der Waals surface area contributed by atoms with Crippen LogP contribution in [0.5, 0.6) is 0 Å². The van der Waals surface area contributed by atoms with Gasteiger partial charge in [-0.1, -0.05) is 6.07 Å². The molecular weight excluding hydrogens is 326 g/mol. The molecule has 26 heavy (non-hydrogen) atoms. The molecule has 1 aliphatic rings. The maximum absolute atomic E-state index is 5.72. The molecule has 0 bridgehead atoms. The minimum absolute atomic E-state index is 0.366. The van der Waals surface area contributed by atoms with Crippen LogP contribution in [0.15, 0.2) is 30.7 Å². The fraction of sp³-hybridized carbons (Fsp3) is 0.600. The highest BCUT2D eigenvalue weighted by Gasteiger charge is 2.27. The Morgan fingerprint density at radius 1 is 1.31 bits per heavy atom. The van der Waals surface area contributed by atoms with Crippen LogP contribution in [0, 0.1) is 0 Å². The van der Waals surface area contributed by atoms with Gasteiger partial charge in [-0.25, -0.2) is 4.98 Å². The Kier molecular flexibility index (Phi) is 7.17. The number of nitrogens with two attached hydrogens (primary N) is 1. The lowest BCUT2D eigenvalue weighted by Crippen LogP contribution is -2.34. The molecule has 0 radical (unpaired) electrons. The molecule has 0 fully saturated rings. The van der Waals surface area contributed by atoms with E-state index in [2.05, 4.69) is 26.6 Å². The predicted molar refractivity (Wildman–Crippen MR) is 103 cm³/mol. The van der Waals surface area contributed by atoms with Gasteiger partial charge in [0.05, 0.1) is 24.9 Å². The summed E-state index contributed by atoms with van der Waals surface area (Å²) in [6.45, 7) is 4.14. The van der Waals surface area contributed by atoms with Crippen molar-refractivity contribution in [2.75, 3.05) is 26.8 Å². The zero-order valence-corrected chi connectivity index (χ0v) is 15.8. The lowest BCUT2D eigenvalue weighted by molar-refractivity contribution is 0.152. The summed E-state index contributed by atoms with van der Waals surface area (Å²) in [6.07, 6.45) is 11.5. The van der Waals surface area contributed by atoms with E-state index >= 15 is 0 Å². The van der Waals surface area contributed by atoms with E-state index in [-0.39, 0.29) is 0 Å². The Balaban J connectivity index is 1.79. The van der Waals surface area contributed by atoms with Crippen molar-refractivity contribution in [3.8, 4) is 0 Å². The first-order valence-corrected chi connectivity index (χ1v) is 9.70. The monoisotopic (exact) mass is 357 g/mol. The van der Waals surface area contributed by atoms with Crippen molar-refractivity contribution in [3.05, 3.63) is 47.8 Å². The zero-order valence-electron chi connectivity index (χ0n) is 15.8. The third-order valence-electron chi connectivity index (χ3n) is 5.19. The van der Waals surface area contributed by atoms with Gasteiger partial charge in [0.1, 0.15) is 5.82 Å². The molecular formula is C20H31N5O. The molecule has 1 unspecified atom stereocenters. The van der Waals surface area contributed by atoms with Crippen molar-refractivity contribution in [1.29, 1.82) is 0 Å². The molecule has 3 rings (SSSR count). The van der Waals surface area contributed by atoms with E-state index in [1.54, 1.807) is 7.11 Å². The Bertz CT molecular complexity index is 672. The van der Waals surface area contributed by atoms with Crippen molar-refractivity contribution in [1.82, 2.24) is 19.4 Å². The van der Waals surface area contributed by atoms with E-state index in [1.165, 1.54) is 17.7 Å². The third kappa shape index (κ3) is 4.69. The number of imidazole rings is 1. The second kappa shape index (κ2) is 9.80. The van der Waals surface area contributed by atoms with E-state index in [0.717, 1.165) is 57.7 Å². The molecule has 0 saturated carbocycles. The first kappa shape index (κ1) is 19.0. The van der Waals surface area contributed by atoms with Crippen LogP contribution < -0.4 is 5.73 Å². The van der Waals surface area contributed by atoms with Gasteiger partial charge in [-0.05, 0) is 56.8 Å². The summed E-state index contributed by atoms with van der Waals surface area (Å²) in [5.41, 5.74) is 8.37. The summed E-state index contributed by atoms with van der Waals surface area (Å²) in [4.78, 5) is 11.9. The van der Waals surface area contributed by atoms with Crippen molar-refractivity contribution >= 4 is 0 Å². The summed E-state index contributed by atoms with van der Waals surface area (Å²) in [7, 11) is 1.74. The van der Waals surface area contributed by atoms with Crippen LogP contribution in [0.1, 0.15) is 48.8 Å². The maximum atomic E-state index is 5.72. The van der Waals surface area contributed by atoms with Crippen LogP contribution in [-0.4, -0.2) is 46.2 Å². The van der Waals surface area contributed by atoms with Gasteiger partial charge in [0.2, 0.25) is 0 Å². The molecule has 6 heteroatoms. The second-order valence-electron chi connectivity index (χ2n) is 6.95. The van der Waals surface area contributed by atoms with Gasteiger partial charge in [0.15, 0.2) is 0 Å². The minimum Gasteiger partial charge on any atom is -0.383 e. The molecule has 0 aliphatic heterocycles. The van der Waals surface area contributed by atoms with Gasteiger partial charge in [-0.3, -0.25) is 9.88 Å². The first-order valence-electron chi connectivity index (χ1n) is 9.70. The van der Waals surface area contributed by atoms with Gasteiger partial charge in [0, 0.05) is 32.2 Å². The lowest BCUT2D eigenvalue weighted by atomic mass is 9.90. The first-order chi connectivity index (χ1) is 12.8. The SMILES string of the molecule is COCCn1ccnc1CN(CCCCN)C1CCCc2cccnc21. The normalized spacial score (nSPS) is 16.8. The molecule has 6 nitrogen and oxygen atoms in total. The van der Waals surface area contributed by atoms with Crippen molar-refractivity contribution < 1.29 is 4.74 Å². The molecule has 1 atom stereocenters. The molecule has 2 heterocycles. The van der Waals surface area contributed by atoms with E-state index in [1.807, 2.05) is 18.6 Å². The average Bonchev–Trinajstić information content (AvgIpc) is 3.12. The van der Waals surface area contributed by atoms with Crippen molar-refractivity contribution in [3.63, 3.8) is 0 Å². The smallest absolute Gasteiger partial charge is 0.122 e. The van der Waals surface area contributed by atoms with Crippen LogP contribution >= 0.6 is 0 Å². The number of methoxy groups -OCH3 is 1. The lowest BCUT2D eigenvalue weighted by Gasteiger charge is -2.35. The van der Waals surface area contributed by atoms with Gasteiger partial charge >= 0.3 is 0 Å². The predicted octanol–water partition coefficient (Wildman–Crippen LogP) is 2.54. The molecule has 2 aromatic rings. The Morgan fingerprint density at radius 2 is 2.23 bits per heavy atom. The van der Waals surface area contributed by atoms with Crippen LogP contribution in [0.4, 0.5) is 0 Å². The number of aryl methyl sites for hydroxylation is 1. The quantitative estimate of drug-likeness (QED) is 0.662. The standard InChI is InChI=1S/C20H31N5O/c1-26-15-14-24-13-11-22-19(24)16-25(12-3-2-9-21)18-8-4-6-17-7-5-10-23-20(17)18/h5,7,10-11,13,18H,2-4,6,8-9,12,14-16,21H2,1H3. The summed E-state index contributed by atoms with van der Waals surface area (Å²) < 4.78 is 7.43. The minimum atomic E-state index is 0.366. The number of unbranched alkanes of at least 4 members (excludes halogenated alkanes) is 1. The highest BCUT2D eigenvalue weighted by Crippen LogP contribution is 2.33. The molecule has 0 aromatic carbocycles. The molecule has 0 saturated heterocycles. The van der Waals surface area contributed by atoms with Crippen LogP contribution in [0.3, 0.4) is 0 Å². The molecule has 1 aliphatic carbocycles. The van der Waals surface area contributed by atoms with Gasteiger partial charge in [-0.15, -0.1) is 0 Å². The van der Waals surface area contributed by atoms with Gasteiger partial charge < -0.3 is 15.0 Å². The Hall–Kier alpha value is -1.76. The number of aromatic nitrogens is 3. The second-order valence-corrected chi connectivity index (χ2v) is 6.95. The highest BCUT2D eigenvalue weighted by atomic mass is 16.5. The van der Waals surface area contributed by atoms with Gasteiger partial charge in [0.25, 0.3) is 0 Å². The highest BCUT2D eigenvalue weighted by molar-refractivity contribution is 5.25. The van der Waals surface area contributed by atoms with Crippen LogP contribution in [0.25, 0.3) is 0 Å². The number of pyridine rings is 1. The molecule has 142 valence electrons. The topological polar surface area (TPSA) is 69.2 Å². The molecule has 0 spiro atoms. The van der Waals surface area contributed by atoms with Crippen LogP contribution in [0.2, 0.25) is 0 Å². The molecule has 0 amide bonds. The van der Waals surface area contributed by atoms with E-state index in [0.29, 0.717) is 12.6 Å². The average molecular weight is 358 g/mol. The Morgan fingerprint density at radius 3 is 3.08 bits per heavy atom. The number of rotatable bonds is 10. The number of fused-ring (bicyclic) bond motifs is 1. The number of hydrogen-bond donors (Lipinski definition) is 1. The largest absolute Gasteiger partial charge is 0.383 e. The van der Waals surface area contributed by atoms with Crippen molar-refractivity contribution in [2.24, 2.45) is 5.73 Å². The molecule has 2 aromatic heterocycles. The fourth-order valence-corrected chi connectivity index (χ4v) is 3.81. The van der Waals surface area contributed by atoms with Crippen LogP contribution in [-0.2, 0) is 24.2 Å². The molecule has 2 N–H and O–H groups in total. The third-order valence-corrected chi connectivity index (χ3v) is 5.19. The Labute approximate surface area is 156 Å². The number of nitrogens with zero attached hydrogens (tertiary/aromatic N) is 4. The van der Waals surface area contributed by atoms with Crippen molar-refractivity contribution in [2.45, 2.75) is 51.2 Å². The van der Waals surface area contributed by atoms with E-state index in [9.17, 15) is 0 Å². The maximum Gasteiger partial charge on any atom is 0.122 e. The van der Waals surface area contributed by atoms with E-state index in [4.69, 9.17) is 15.5 Å². The summed E-state index contributed by atoms with van der Waals surface area (Å²) >= 11 is 0. The fourth-order valence-electron chi connectivity index (χ4n) is 3.81.